The van der Waals surface area contributed by atoms with Gasteiger partial charge in [0, 0.05) is 12.2 Å². The number of carbonyl (C=O) groups is 1. The van der Waals surface area contributed by atoms with Gasteiger partial charge in [0.15, 0.2) is 0 Å². The summed E-state index contributed by atoms with van der Waals surface area (Å²) in [5.74, 6) is 2.54. The fourth-order valence-electron chi connectivity index (χ4n) is 4.13. The molecule has 110 valence electrons. The number of carbonyl (C=O) groups excluding carboxylic acids is 1. The van der Waals surface area contributed by atoms with Crippen LogP contribution in [0.3, 0.4) is 0 Å². The maximum atomic E-state index is 12.4. The van der Waals surface area contributed by atoms with Crippen molar-refractivity contribution in [2.24, 2.45) is 17.8 Å². The van der Waals surface area contributed by atoms with E-state index < -0.39 is 0 Å². The van der Waals surface area contributed by atoms with Crippen molar-refractivity contribution in [3.05, 3.63) is 18.0 Å². The lowest BCUT2D eigenvalue weighted by atomic mass is 9.84. The van der Waals surface area contributed by atoms with Gasteiger partial charge >= 0.3 is 0 Å². The van der Waals surface area contributed by atoms with Crippen LogP contribution in [0.4, 0.5) is 0 Å². The molecule has 3 rings (SSSR count). The predicted octanol–water partition coefficient (Wildman–Crippen LogP) is 2.69. The Hall–Kier alpha value is -1.32. The van der Waals surface area contributed by atoms with Crippen molar-refractivity contribution >= 4 is 5.91 Å². The summed E-state index contributed by atoms with van der Waals surface area (Å²) in [6.45, 7) is 6.03. The summed E-state index contributed by atoms with van der Waals surface area (Å²) in [5, 5.41) is 7.54. The number of amides is 1. The summed E-state index contributed by atoms with van der Waals surface area (Å²) >= 11 is 0. The summed E-state index contributed by atoms with van der Waals surface area (Å²) in [5.41, 5.74) is 0.950. The van der Waals surface area contributed by atoms with Crippen molar-refractivity contribution < 1.29 is 4.79 Å². The fourth-order valence-corrected chi connectivity index (χ4v) is 4.13. The van der Waals surface area contributed by atoms with Crippen LogP contribution in [0.1, 0.15) is 51.3 Å². The summed E-state index contributed by atoms with van der Waals surface area (Å²) < 4.78 is 1.75. The van der Waals surface area contributed by atoms with Gasteiger partial charge in [0.2, 0.25) is 5.91 Å². The summed E-state index contributed by atoms with van der Waals surface area (Å²) in [6, 6.07) is 1.99. The van der Waals surface area contributed by atoms with E-state index >= 15 is 0 Å². The molecule has 0 aromatic carbocycles. The number of fused-ring (bicyclic) bond motifs is 2. The van der Waals surface area contributed by atoms with Crippen LogP contribution >= 0.6 is 0 Å². The van der Waals surface area contributed by atoms with E-state index in [1.165, 1.54) is 25.7 Å². The van der Waals surface area contributed by atoms with E-state index in [0.717, 1.165) is 17.5 Å². The predicted molar refractivity (Wildman–Crippen MR) is 78.2 cm³/mol. The van der Waals surface area contributed by atoms with Gasteiger partial charge in [-0.2, -0.15) is 5.10 Å². The zero-order valence-corrected chi connectivity index (χ0v) is 12.7. The molecule has 2 bridgehead atoms. The minimum atomic E-state index is -0.232. The van der Waals surface area contributed by atoms with Crippen molar-refractivity contribution in [3.63, 3.8) is 0 Å². The van der Waals surface area contributed by atoms with Crippen molar-refractivity contribution in [3.8, 4) is 0 Å². The first-order valence-corrected chi connectivity index (χ1v) is 7.86. The average Bonchev–Trinajstić information content (AvgIpc) is 3.13. The Kier molecular flexibility index (Phi) is 3.57. The summed E-state index contributed by atoms with van der Waals surface area (Å²) in [6.07, 6.45) is 7.34. The van der Waals surface area contributed by atoms with Gasteiger partial charge in [-0.05, 0) is 63.9 Å². The second kappa shape index (κ2) is 5.23. The molecular weight excluding hydrogens is 250 g/mol. The average molecular weight is 275 g/mol. The third kappa shape index (κ3) is 2.48. The molecule has 2 fully saturated rings. The largest absolute Gasteiger partial charge is 0.352 e. The van der Waals surface area contributed by atoms with Crippen molar-refractivity contribution in [1.29, 1.82) is 0 Å². The Bertz CT molecular complexity index is 496. The molecule has 1 amide bonds. The van der Waals surface area contributed by atoms with Gasteiger partial charge in [-0.25, -0.2) is 0 Å². The molecule has 0 saturated heterocycles. The standard InChI is InChI=1S/C16H25N3O/c1-10-6-7-19(18-10)12(3)16(20)17-11(2)15-9-13-4-5-14(15)8-13/h6-7,11-15H,4-5,8-9H2,1-3H3,(H,17,20). The van der Waals surface area contributed by atoms with Crippen molar-refractivity contribution in [2.45, 2.75) is 58.5 Å². The monoisotopic (exact) mass is 275 g/mol. The molecule has 0 aliphatic heterocycles. The van der Waals surface area contributed by atoms with Crippen LogP contribution in [0.25, 0.3) is 0 Å². The zero-order valence-electron chi connectivity index (χ0n) is 12.7. The number of nitrogens with one attached hydrogen (secondary N) is 1. The Morgan fingerprint density at radius 3 is 2.75 bits per heavy atom. The maximum absolute atomic E-state index is 12.4. The molecule has 0 radical (unpaired) electrons. The highest BCUT2D eigenvalue weighted by Gasteiger charge is 2.42. The first-order chi connectivity index (χ1) is 9.54. The Balaban J connectivity index is 1.58. The second-order valence-corrected chi connectivity index (χ2v) is 6.75. The zero-order chi connectivity index (χ0) is 14.3. The Labute approximate surface area is 120 Å². The van der Waals surface area contributed by atoms with Crippen molar-refractivity contribution in [2.75, 3.05) is 0 Å². The molecule has 5 unspecified atom stereocenters. The molecule has 5 atom stereocenters. The number of nitrogens with zero attached hydrogens (tertiary/aromatic N) is 2. The molecule has 1 heterocycles. The Morgan fingerprint density at radius 2 is 2.20 bits per heavy atom. The van der Waals surface area contributed by atoms with Gasteiger partial charge < -0.3 is 5.32 Å². The van der Waals surface area contributed by atoms with E-state index in [9.17, 15) is 4.79 Å². The lowest BCUT2D eigenvalue weighted by molar-refractivity contribution is -0.125. The normalized spacial score (nSPS) is 31.2. The molecular formula is C16H25N3O. The molecule has 20 heavy (non-hydrogen) atoms. The minimum absolute atomic E-state index is 0.0865. The molecule has 1 aromatic heterocycles. The maximum Gasteiger partial charge on any atom is 0.244 e. The molecule has 1 aromatic rings. The number of rotatable bonds is 4. The van der Waals surface area contributed by atoms with Gasteiger partial charge in [0.1, 0.15) is 6.04 Å². The third-order valence-corrected chi connectivity index (χ3v) is 5.32. The smallest absolute Gasteiger partial charge is 0.244 e. The van der Waals surface area contributed by atoms with Crippen LogP contribution in [-0.4, -0.2) is 21.7 Å². The highest BCUT2D eigenvalue weighted by atomic mass is 16.2. The second-order valence-electron chi connectivity index (χ2n) is 6.75. The Morgan fingerprint density at radius 1 is 1.40 bits per heavy atom. The van der Waals surface area contributed by atoms with E-state index in [0.29, 0.717) is 5.92 Å². The van der Waals surface area contributed by atoms with E-state index in [1.807, 2.05) is 26.1 Å². The molecule has 2 aliphatic carbocycles. The van der Waals surface area contributed by atoms with Gasteiger partial charge in [0.25, 0.3) is 0 Å². The molecule has 1 N–H and O–H groups in total. The van der Waals surface area contributed by atoms with Crippen LogP contribution in [0.5, 0.6) is 0 Å². The SMILES string of the molecule is Cc1ccn(C(C)C(=O)NC(C)C2CC3CCC2C3)n1. The van der Waals surface area contributed by atoms with Crippen LogP contribution in [0.2, 0.25) is 0 Å². The van der Waals surface area contributed by atoms with E-state index in [4.69, 9.17) is 0 Å². The van der Waals surface area contributed by atoms with E-state index in [-0.39, 0.29) is 18.0 Å². The lowest BCUT2D eigenvalue weighted by Crippen LogP contribution is -2.43. The number of hydrogen-bond donors (Lipinski definition) is 1. The van der Waals surface area contributed by atoms with Crippen LogP contribution in [0, 0.1) is 24.7 Å². The van der Waals surface area contributed by atoms with Gasteiger partial charge in [0.05, 0.1) is 5.69 Å². The topological polar surface area (TPSA) is 46.9 Å². The highest BCUT2D eigenvalue weighted by molar-refractivity contribution is 5.80. The summed E-state index contributed by atoms with van der Waals surface area (Å²) in [4.78, 5) is 12.4. The molecule has 4 nitrogen and oxygen atoms in total. The number of aromatic nitrogens is 2. The summed E-state index contributed by atoms with van der Waals surface area (Å²) in [7, 11) is 0. The van der Waals surface area contributed by atoms with E-state index in [2.05, 4.69) is 17.3 Å². The highest BCUT2D eigenvalue weighted by Crippen LogP contribution is 2.49. The molecule has 4 heteroatoms. The van der Waals surface area contributed by atoms with Gasteiger partial charge in [-0.1, -0.05) is 6.42 Å². The van der Waals surface area contributed by atoms with Gasteiger partial charge in [-0.15, -0.1) is 0 Å². The molecule has 2 aliphatic rings. The van der Waals surface area contributed by atoms with Crippen LogP contribution in [0.15, 0.2) is 12.3 Å². The third-order valence-electron chi connectivity index (χ3n) is 5.32. The van der Waals surface area contributed by atoms with Crippen LogP contribution < -0.4 is 5.32 Å². The molecule has 0 spiro atoms. The van der Waals surface area contributed by atoms with Crippen molar-refractivity contribution in [1.82, 2.24) is 15.1 Å². The van der Waals surface area contributed by atoms with Crippen LogP contribution in [-0.2, 0) is 4.79 Å². The number of hydrogen-bond acceptors (Lipinski definition) is 2. The molecule has 2 saturated carbocycles. The lowest BCUT2D eigenvalue weighted by Gasteiger charge is -2.29. The fraction of sp³-hybridized carbons (Fsp3) is 0.750. The van der Waals surface area contributed by atoms with Gasteiger partial charge in [-0.3, -0.25) is 9.48 Å². The quantitative estimate of drug-likeness (QED) is 0.918. The number of aryl methyl sites for hydroxylation is 1. The first kappa shape index (κ1) is 13.7. The first-order valence-electron chi connectivity index (χ1n) is 7.86. The minimum Gasteiger partial charge on any atom is -0.352 e. The van der Waals surface area contributed by atoms with E-state index in [1.54, 1.807) is 4.68 Å².